The third kappa shape index (κ3) is 4.98. The van der Waals surface area contributed by atoms with E-state index in [0.29, 0.717) is 17.9 Å². The minimum absolute atomic E-state index is 0.352. The highest BCUT2D eigenvalue weighted by atomic mass is 16.5. The standard InChI is InChI=1S/C23H21NO4/c1-16(23(26)27)24-22(25)20-8-5-9-21(14-20)28-15-17-10-12-19(13-11-17)18-6-3-2-4-7-18/h2-14,16H,15H2,1H3,(H,24,25)(H,26,27). The Morgan fingerprint density at radius 2 is 1.61 bits per heavy atom. The highest BCUT2D eigenvalue weighted by Gasteiger charge is 2.15. The van der Waals surface area contributed by atoms with Gasteiger partial charge in [0.25, 0.3) is 5.91 Å². The number of nitrogens with one attached hydrogen (secondary N) is 1. The molecular formula is C23H21NO4. The summed E-state index contributed by atoms with van der Waals surface area (Å²) >= 11 is 0. The fraction of sp³-hybridized carbons (Fsp3) is 0.130. The monoisotopic (exact) mass is 375 g/mol. The zero-order chi connectivity index (χ0) is 19.9. The van der Waals surface area contributed by atoms with E-state index in [1.807, 2.05) is 42.5 Å². The lowest BCUT2D eigenvalue weighted by Gasteiger charge is -2.11. The molecule has 1 atom stereocenters. The first kappa shape index (κ1) is 19.2. The average Bonchev–Trinajstić information content (AvgIpc) is 2.73. The van der Waals surface area contributed by atoms with E-state index < -0.39 is 17.9 Å². The second kappa shape index (κ2) is 8.86. The number of carboxylic acids is 1. The molecule has 0 heterocycles. The summed E-state index contributed by atoms with van der Waals surface area (Å²) in [6, 6.07) is 24.0. The molecule has 1 amide bonds. The van der Waals surface area contributed by atoms with Crippen molar-refractivity contribution in [1.82, 2.24) is 5.32 Å². The topological polar surface area (TPSA) is 75.6 Å². The lowest BCUT2D eigenvalue weighted by atomic mass is 10.0. The molecule has 2 N–H and O–H groups in total. The molecule has 0 aliphatic rings. The molecule has 0 bridgehead atoms. The maximum atomic E-state index is 12.1. The van der Waals surface area contributed by atoms with E-state index in [4.69, 9.17) is 9.84 Å². The van der Waals surface area contributed by atoms with Crippen LogP contribution in [0.25, 0.3) is 11.1 Å². The normalized spacial score (nSPS) is 11.5. The fourth-order valence-corrected chi connectivity index (χ4v) is 2.66. The second-order valence-electron chi connectivity index (χ2n) is 6.41. The first-order valence-corrected chi connectivity index (χ1v) is 8.94. The van der Waals surface area contributed by atoms with E-state index >= 15 is 0 Å². The number of hydrogen-bond donors (Lipinski definition) is 2. The maximum Gasteiger partial charge on any atom is 0.325 e. The molecule has 0 aromatic heterocycles. The first-order chi connectivity index (χ1) is 13.5. The van der Waals surface area contributed by atoms with Crippen LogP contribution in [0.1, 0.15) is 22.8 Å². The maximum absolute atomic E-state index is 12.1. The highest BCUT2D eigenvalue weighted by Crippen LogP contribution is 2.20. The summed E-state index contributed by atoms with van der Waals surface area (Å²) in [5.41, 5.74) is 3.65. The van der Waals surface area contributed by atoms with Crippen LogP contribution >= 0.6 is 0 Å². The van der Waals surface area contributed by atoms with Gasteiger partial charge in [0.05, 0.1) is 0 Å². The zero-order valence-corrected chi connectivity index (χ0v) is 15.5. The van der Waals surface area contributed by atoms with Gasteiger partial charge in [-0.25, -0.2) is 0 Å². The van der Waals surface area contributed by atoms with Crippen molar-refractivity contribution in [3.8, 4) is 16.9 Å². The first-order valence-electron chi connectivity index (χ1n) is 8.94. The molecule has 142 valence electrons. The van der Waals surface area contributed by atoms with E-state index in [-0.39, 0.29) is 0 Å². The van der Waals surface area contributed by atoms with Crippen molar-refractivity contribution in [3.05, 3.63) is 90.0 Å². The van der Waals surface area contributed by atoms with E-state index in [1.165, 1.54) is 6.92 Å². The van der Waals surface area contributed by atoms with Crippen molar-refractivity contribution in [2.75, 3.05) is 0 Å². The third-order valence-electron chi connectivity index (χ3n) is 4.28. The van der Waals surface area contributed by atoms with Gasteiger partial charge in [-0.3, -0.25) is 9.59 Å². The summed E-state index contributed by atoms with van der Waals surface area (Å²) in [4.78, 5) is 23.0. The second-order valence-corrected chi connectivity index (χ2v) is 6.41. The lowest BCUT2D eigenvalue weighted by molar-refractivity contribution is -0.138. The number of aliphatic carboxylic acids is 1. The van der Waals surface area contributed by atoms with Crippen LogP contribution < -0.4 is 10.1 Å². The van der Waals surface area contributed by atoms with Gasteiger partial charge in [-0.1, -0.05) is 60.7 Å². The smallest absolute Gasteiger partial charge is 0.325 e. The highest BCUT2D eigenvalue weighted by molar-refractivity contribution is 5.96. The number of carbonyl (C=O) groups excluding carboxylic acids is 1. The molecule has 0 aliphatic carbocycles. The van der Waals surface area contributed by atoms with Crippen molar-refractivity contribution in [2.45, 2.75) is 19.6 Å². The van der Waals surface area contributed by atoms with E-state index in [1.54, 1.807) is 24.3 Å². The molecule has 3 aromatic rings. The van der Waals surface area contributed by atoms with Gasteiger partial charge in [-0.05, 0) is 41.8 Å². The summed E-state index contributed by atoms with van der Waals surface area (Å²) in [5.74, 6) is -0.991. The predicted octanol–water partition coefficient (Wildman–Crippen LogP) is 4.14. The Hall–Kier alpha value is -3.60. The summed E-state index contributed by atoms with van der Waals surface area (Å²) in [6.45, 7) is 1.78. The molecule has 0 aliphatic heterocycles. The average molecular weight is 375 g/mol. The van der Waals surface area contributed by atoms with Crippen molar-refractivity contribution in [1.29, 1.82) is 0 Å². The van der Waals surface area contributed by atoms with Crippen LogP contribution in [-0.2, 0) is 11.4 Å². The molecule has 0 saturated carbocycles. The molecule has 0 fully saturated rings. The Morgan fingerprint density at radius 1 is 0.929 bits per heavy atom. The van der Waals surface area contributed by atoms with Crippen molar-refractivity contribution in [3.63, 3.8) is 0 Å². The SMILES string of the molecule is CC(NC(=O)c1cccc(OCc2ccc(-c3ccccc3)cc2)c1)C(=O)O. The van der Waals surface area contributed by atoms with Gasteiger partial charge in [0.15, 0.2) is 0 Å². The molecule has 5 heteroatoms. The number of amides is 1. The Bertz CT molecular complexity index is 952. The van der Waals surface area contributed by atoms with Crippen LogP contribution in [0, 0.1) is 0 Å². The number of carbonyl (C=O) groups is 2. The molecule has 0 saturated heterocycles. The van der Waals surface area contributed by atoms with Gasteiger partial charge in [0.1, 0.15) is 18.4 Å². The van der Waals surface area contributed by atoms with Gasteiger partial charge in [-0.15, -0.1) is 0 Å². The Balaban J connectivity index is 1.62. The number of hydrogen-bond acceptors (Lipinski definition) is 3. The summed E-state index contributed by atoms with van der Waals surface area (Å²) < 4.78 is 5.78. The van der Waals surface area contributed by atoms with Crippen LogP contribution in [0.5, 0.6) is 5.75 Å². The van der Waals surface area contributed by atoms with Crippen LogP contribution in [0.15, 0.2) is 78.9 Å². The van der Waals surface area contributed by atoms with Crippen molar-refractivity contribution >= 4 is 11.9 Å². The van der Waals surface area contributed by atoms with Gasteiger partial charge in [-0.2, -0.15) is 0 Å². The van der Waals surface area contributed by atoms with Crippen molar-refractivity contribution < 1.29 is 19.4 Å². The minimum atomic E-state index is -1.08. The number of ether oxygens (including phenoxy) is 1. The van der Waals surface area contributed by atoms with Gasteiger partial charge in [0.2, 0.25) is 0 Å². The van der Waals surface area contributed by atoms with Gasteiger partial charge >= 0.3 is 5.97 Å². The van der Waals surface area contributed by atoms with Crippen LogP contribution in [0.3, 0.4) is 0 Å². The van der Waals surface area contributed by atoms with Gasteiger partial charge < -0.3 is 15.2 Å². The fourth-order valence-electron chi connectivity index (χ4n) is 2.66. The van der Waals surface area contributed by atoms with Crippen molar-refractivity contribution in [2.24, 2.45) is 0 Å². The molecule has 1 unspecified atom stereocenters. The summed E-state index contributed by atoms with van der Waals surface area (Å²) in [7, 11) is 0. The van der Waals surface area contributed by atoms with Gasteiger partial charge in [0, 0.05) is 5.56 Å². The van der Waals surface area contributed by atoms with Crippen LogP contribution in [-0.4, -0.2) is 23.0 Å². The number of benzene rings is 3. The largest absolute Gasteiger partial charge is 0.489 e. The zero-order valence-electron chi connectivity index (χ0n) is 15.5. The summed E-state index contributed by atoms with van der Waals surface area (Å²) in [5, 5.41) is 11.3. The van der Waals surface area contributed by atoms with E-state index in [2.05, 4.69) is 17.4 Å². The van der Waals surface area contributed by atoms with Crippen LogP contribution in [0.4, 0.5) is 0 Å². The molecule has 28 heavy (non-hydrogen) atoms. The van der Waals surface area contributed by atoms with E-state index in [0.717, 1.165) is 16.7 Å². The quantitative estimate of drug-likeness (QED) is 0.651. The minimum Gasteiger partial charge on any atom is -0.489 e. The summed E-state index contributed by atoms with van der Waals surface area (Å²) in [6.07, 6.45) is 0. The molecule has 0 spiro atoms. The van der Waals surface area contributed by atoms with E-state index in [9.17, 15) is 9.59 Å². The predicted molar refractivity (Wildman–Crippen MR) is 107 cm³/mol. The lowest BCUT2D eigenvalue weighted by Crippen LogP contribution is -2.38. The molecule has 5 nitrogen and oxygen atoms in total. The number of rotatable bonds is 7. The Kier molecular flexibility index (Phi) is 6.07. The third-order valence-corrected chi connectivity index (χ3v) is 4.28. The molecule has 3 rings (SSSR count). The Labute approximate surface area is 163 Å². The molecule has 3 aromatic carbocycles. The Morgan fingerprint density at radius 3 is 2.29 bits per heavy atom. The van der Waals surface area contributed by atoms with Crippen LogP contribution in [0.2, 0.25) is 0 Å². The number of carboxylic acid groups (broad SMARTS) is 1. The molecule has 0 radical (unpaired) electrons. The molecular weight excluding hydrogens is 354 g/mol.